The summed E-state index contributed by atoms with van der Waals surface area (Å²) in [5, 5.41) is 37.1. The van der Waals surface area contributed by atoms with E-state index >= 15 is 0 Å². The molecule has 0 fully saturated rings. The molecular weight excluding hydrogens is 1580 g/mol. The number of benzene rings is 11. The number of hydrogen-bond donors (Lipinski definition) is 3. The quantitative estimate of drug-likeness (QED) is 0.132. The summed E-state index contributed by atoms with van der Waals surface area (Å²) in [6.07, 6.45) is 2.28. The maximum absolute atomic E-state index is 6.09. The average molecular weight is 1670 g/mol. The largest absolute Gasteiger partial charge is 2.00 e. The van der Waals surface area contributed by atoms with E-state index in [2.05, 4.69) is 240 Å². The predicted octanol–water partition coefficient (Wildman–Crippen LogP) is 26.8. The molecule has 3 aliphatic rings. The van der Waals surface area contributed by atoms with Crippen LogP contribution in [-0.4, -0.2) is 55.5 Å². The summed E-state index contributed by atoms with van der Waals surface area (Å²) in [6, 6.07) is 65.6. The van der Waals surface area contributed by atoms with Crippen molar-refractivity contribution in [3.63, 3.8) is 0 Å². The Morgan fingerprint density at radius 1 is 0.274 bits per heavy atom. The Labute approximate surface area is 728 Å². The second-order valence-corrected chi connectivity index (χ2v) is 35.1. The molecule has 8 bridgehead atoms. The molecule has 17 heteroatoms. The summed E-state index contributed by atoms with van der Waals surface area (Å²) in [4.78, 5) is 32.9. The third-order valence-corrected chi connectivity index (χ3v) is 26.4. The first-order valence-corrected chi connectivity index (χ1v) is 42.4. The van der Waals surface area contributed by atoms with E-state index in [0.717, 1.165) is 135 Å². The van der Waals surface area contributed by atoms with Crippen molar-refractivity contribution in [3.8, 4) is 114 Å². The van der Waals surface area contributed by atoms with Gasteiger partial charge in [-0.2, -0.15) is 0 Å². The smallest absolute Gasteiger partial charge is 0.657 e. The molecule has 11 heterocycles. The fourth-order valence-corrected chi connectivity index (χ4v) is 18.1. The molecule has 20 aromatic rings. The summed E-state index contributed by atoms with van der Waals surface area (Å²) >= 11 is 0. The molecule has 613 valence electrons. The monoisotopic (exact) mass is 1670 g/mol. The molecule has 124 heavy (non-hydrogen) atoms. The third kappa shape index (κ3) is 13.5. The van der Waals surface area contributed by atoms with Gasteiger partial charge in [-0.1, -0.05) is 91.2 Å². The summed E-state index contributed by atoms with van der Waals surface area (Å²) < 4.78 is 18.3. The molecule has 3 N–H and O–H groups in total. The maximum atomic E-state index is 6.09. The van der Waals surface area contributed by atoms with Crippen LogP contribution in [-0.2, 0) is 29.9 Å². The number of rotatable bonds is 6. The fraction of sp³-hybridized carbons (Fsp3) is 0.196. The van der Waals surface area contributed by atoms with Gasteiger partial charge in [0.25, 0.3) is 0 Å². The molecule has 9 aromatic heterocycles. The molecule has 2 aliphatic heterocycles. The van der Waals surface area contributed by atoms with E-state index in [0.29, 0.717) is 63.9 Å². The van der Waals surface area contributed by atoms with Gasteiger partial charge < -0.3 is 38.2 Å². The van der Waals surface area contributed by atoms with Crippen LogP contribution in [0.1, 0.15) is 109 Å². The standard InChI is InChI=1S/C44H36N4.C33H24N6O3.C30H31N3.Cu/c1-21-9-29-30(10-22(21)2)38-18-40-33-13-25(5)26(6)14-34(33)42(47-40)20-44-36-16-28(8)27(7)15-35(36)43(48-44)19-41-32-12-24(4)23(3)11-31(32)39(46-41)17-37(29)45-38;1-19-4-10-22(11-5-19)28-34-37-31(40-28)25-16-26(32-38-35-29(41-32)23-12-6-20(2)7-13-23)18-27(17-25)33-39-36-30(42-33)24-14-8-21(3)9-15-24;1-13-7-19-22(10-16(13)4)31-28-25(19)29-27(20-8-14(2)17(5)11-23(20)32-29)30-26(28)21-9-15(3)18(6)12-24(21)33-30;/h9-20H,1-8H3;4-18H,1-3H3;7-8,10-11,15,18,31-33H,9,12H2,1-6H3;/q-2;;;+2. The zero-order valence-electron chi connectivity index (χ0n) is 72.5. The van der Waals surface area contributed by atoms with E-state index in [1.807, 2.05) is 112 Å². The number of fused-ring (bicyclic) bond motifs is 32. The van der Waals surface area contributed by atoms with Crippen molar-refractivity contribution in [1.29, 1.82) is 0 Å². The van der Waals surface area contributed by atoms with Gasteiger partial charge in [-0.3, -0.25) is 0 Å². The van der Waals surface area contributed by atoms with Crippen LogP contribution in [0.3, 0.4) is 0 Å². The van der Waals surface area contributed by atoms with Crippen molar-refractivity contribution < 1.29 is 30.3 Å². The molecule has 0 saturated carbocycles. The number of aryl methyl sites for hydroxylation is 15. The average Bonchev–Trinajstić information content (AvgIpc) is 1.52. The molecule has 0 amide bonds. The van der Waals surface area contributed by atoms with Gasteiger partial charge in [-0.05, 0) is 350 Å². The van der Waals surface area contributed by atoms with Gasteiger partial charge >= 0.3 is 17.1 Å². The Balaban J connectivity index is 0.000000119. The Bertz CT molecular complexity index is 7420. The maximum Gasteiger partial charge on any atom is 2.00 e. The van der Waals surface area contributed by atoms with Crippen molar-refractivity contribution in [2.45, 2.75) is 131 Å². The summed E-state index contributed by atoms with van der Waals surface area (Å²) in [5.74, 6) is 3.62. The second kappa shape index (κ2) is 30.0. The first-order chi connectivity index (χ1) is 59.3. The molecule has 11 aromatic carbocycles. The van der Waals surface area contributed by atoms with Gasteiger partial charge in [0, 0.05) is 99.3 Å². The fourth-order valence-electron chi connectivity index (χ4n) is 18.1. The van der Waals surface area contributed by atoms with Crippen molar-refractivity contribution >= 4 is 98.1 Å². The van der Waals surface area contributed by atoms with Crippen LogP contribution in [0.4, 0.5) is 0 Å². The topological polar surface area (TPSA) is 218 Å². The predicted molar refractivity (Wildman–Crippen MR) is 499 cm³/mol. The molecule has 1 aliphatic carbocycles. The van der Waals surface area contributed by atoms with Gasteiger partial charge in [0.1, 0.15) is 0 Å². The van der Waals surface area contributed by atoms with Crippen molar-refractivity contribution in [2.24, 2.45) is 11.8 Å². The molecule has 0 saturated heterocycles. The number of hydrogen-bond acceptors (Lipinski definition) is 11. The van der Waals surface area contributed by atoms with E-state index in [1.165, 1.54) is 133 Å². The van der Waals surface area contributed by atoms with E-state index in [1.54, 1.807) is 0 Å². The summed E-state index contributed by atoms with van der Waals surface area (Å²) in [6.45, 7) is 37.2. The van der Waals surface area contributed by atoms with E-state index in [-0.39, 0.29) is 17.1 Å². The Kier molecular flexibility index (Phi) is 19.1. The van der Waals surface area contributed by atoms with Crippen molar-refractivity contribution in [3.05, 3.63) is 283 Å². The van der Waals surface area contributed by atoms with E-state index < -0.39 is 0 Å². The van der Waals surface area contributed by atoms with Gasteiger partial charge in [-0.25, -0.2) is 9.97 Å². The van der Waals surface area contributed by atoms with Gasteiger partial charge in [-0.15, -0.1) is 52.7 Å². The van der Waals surface area contributed by atoms with E-state index in [9.17, 15) is 0 Å². The minimum atomic E-state index is 0. The molecular formula is C107H91CuN13O3. The number of aromatic nitrogens is 13. The molecule has 1 radical (unpaired) electrons. The van der Waals surface area contributed by atoms with Crippen molar-refractivity contribution in [2.75, 3.05) is 0 Å². The number of H-pyrrole nitrogens is 3. The number of nitrogens with one attached hydrogen (secondary N) is 3. The number of aromatic amines is 3. The zero-order valence-corrected chi connectivity index (χ0v) is 73.4. The summed E-state index contributed by atoms with van der Waals surface area (Å²) in [7, 11) is 0. The van der Waals surface area contributed by atoms with Crippen LogP contribution in [0.2, 0.25) is 0 Å². The third-order valence-electron chi connectivity index (χ3n) is 26.4. The SMILES string of the molecule is Cc1cc2[nH]c3c(c2cc1C)c1[nH]c2c(c1c1[nH]c4cc(C)c(C)cc4c13)CC(C)C(C)C2.Cc1cc2c(cc1C)-c1cc3[n-]c(cc4nc(cc5[n-]c(cc-2n1)c1cc(C)c(C)cc51)-c1cc(C)c(C)cc1-4)c1cc(C)c(C)cc31.Cc1ccc(-c2nnc(-c3cc(-c4nnc(-c5ccc(C)cc5)o4)cc(-c4nnc(-c5ccc(C)cc5)o4)c3)o2)cc1.[Cu+2]. The van der Waals surface area contributed by atoms with Crippen LogP contribution < -0.4 is 9.97 Å². The van der Waals surface area contributed by atoms with Crippen LogP contribution >= 0.6 is 0 Å². The molecule has 2 unspecified atom stereocenters. The van der Waals surface area contributed by atoms with Crippen LogP contribution in [0.25, 0.3) is 212 Å². The Hall–Kier alpha value is -13.9. The van der Waals surface area contributed by atoms with E-state index in [4.69, 9.17) is 33.2 Å². The number of nitrogens with zero attached hydrogens (tertiary/aromatic N) is 10. The van der Waals surface area contributed by atoms with Crippen LogP contribution in [0.15, 0.2) is 201 Å². The van der Waals surface area contributed by atoms with Crippen LogP contribution in [0.5, 0.6) is 0 Å². The summed E-state index contributed by atoms with van der Waals surface area (Å²) in [5.41, 5.74) is 44.4. The molecule has 0 spiro atoms. The minimum Gasteiger partial charge on any atom is -0.657 e. The van der Waals surface area contributed by atoms with Gasteiger partial charge in [0.2, 0.25) is 35.3 Å². The first-order valence-electron chi connectivity index (χ1n) is 42.4. The van der Waals surface area contributed by atoms with Crippen molar-refractivity contribution in [1.82, 2.24) is 65.5 Å². The molecule has 23 rings (SSSR count). The van der Waals surface area contributed by atoms with Gasteiger partial charge in [0.15, 0.2) is 0 Å². The van der Waals surface area contributed by atoms with Gasteiger partial charge in [0.05, 0.1) is 39.3 Å². The molecule has 2 atom stereocenters. The van der Waals surface area contributed by atoms with Crippen LogP contribution in [0, 0.1) is 116 Å². The zero-order chi connectivity index (χ0) is 84.6. The first kappa shape index (κ1) is 78.7. The minimum absolute atomic E-state index is 0. The Morgan fingerprint density at radius 3 is 0.847 bits per heavy atom. The molecule has 16 nitrogen and oxygen atoms in total. The Morgan fingerprint density at radius 2 is 0.532 bits per heavy atom. The second-order valence-electron chi connectivity index (χ2n) is 35.1. The normalized spacial score (nSPS) is 13.6.